The summed E-state index contributed by atoms with van der Waals surface area (Å²) in [7, 11) is 0. The van der Waals surface area contributed by atoms with E-state index in [4.69, 9.17) is 0 Å². The van der Waals surface area contributed by atoms with Gasteiger partial charge in [0.25, 0.3) is 5.91 Å². The van der Waals surface area contributed by atoms with Gasteiger partial charge in [-0.2, -0.15) is 13.2 Å². The number of aryl methyl sites for hydroxylation is 2. The van der Waals surface area contributed by atoms with Gasteiger partial charge in [0.1, 0.15) is 10.9 Å². The van der Waals surface area contributed by atoms with Gasteiger partial charge >= 0.3 is 6.18 Å². The number of hydrogen-bond acceptors (Lipinski definition) is 3. The van der Waals surface area contributed by atoms with Gasteiger partial charge in [-0.25, -0.2) is 4.98 Å². The van der Waals surface area contributed by atoms with Crippen LogP contribution in [0.15, 0.2) is 0 Å². The molecule has 1 aliphatic rings. The third-order valence-electron chi connectivity index (χ3n) is 3.24. The molecule has 1 saturated heterocycles. The van der Waals surface area contributed by atoms with Crippen molar-refractivity contribution in [2.75, 3.05) is 6.54 Å². The average molecular weight is 292 g/mol. The summed E-state index contributed by atoms with van der Waals surface area (Å²) in [5.41, 5.74) is 0.513. The summed E-state index contributed by atoms with van der Waals surface area (Å²) >= 11 is 1.16. The molecular formula is C12H15F3N2OS. The Balaban J connectivity index is 2.28. The summed E-state index contributed by atoms with van der Waals surface area (Å²) in [6.45, 7) is 3.56. The Kier molecular flexibility index (Phi) is 3.85. The molecule has 106 valence electrons. The standard InChI is InChI=1S/C12H15F3N2OS/c1-7-10(19-8(2)16-7)11(18)17-6-4-3-5-9(17)12(13,14)15/h9H,3-6H2,1-2H3. The Labute approximate surface area is 113 Å². The topological polar surface area (TPSA) is 33.2 Å². The average Bonchev–Trinajstić information content (AvgIpc) is 2.66. The fourth-order valence-corrected chi connectivity index (χ4v) is 3.25. The van der Waals surface area contributed by atoms with Crippen molar-refractivity contribution in [1.82, 2.24) is 9.88 Å². The van der Waals surface area contributed by atoms with Gasteiger partial charge in [0.05, 0.1) is 10.7 Å². The van der Waals surface area contributed by atoms with E-state index >= 15 is 0 Å². The Morgan fingerprint density at radius 1 is 1.37 bits per heavy atom. The number of amides is 1. The molecule has 19 heavy (non-hydrogen) atoms. The highest BCUT2D eigenvalue weighted by atomic mass is 32.1. The van der Waals surface area contributed by atoms with E-state index in [0.29, 0.717) is 28.4 Å². The number of nitrogens with zero attached hydrogens (tertiary/aromatic N) is 2. The zero-order valence-electron chi connectivity index (χ0n) is 10.8. The number of thiazole rings is 1. The van der Waals surface area contributed by atoms with E-state index < -0.39 is 18.1 Å². The predicted molar refractivity (Wildman–Crippen MR) is 66.3 cm³/mol. The highest BCUT2D eigenvalue weighted by molar-refractivity contribution is 7.13. The maximum absolute atomic E-state index is 13.0. The minimum absolute atomic E-state index is 0.00786. The quantitative estimate of drug-likeness (QED) is 0.795. The second kappa shape index (κ2) is 5.11. The van der Waals surface area contributed by atoms with E-state index in [1.807, 2.05) is 0 Å². The lowest BCUT2D eigenvalue weighted by molar-refractivity contribution is -0.183. The van der Waals surface area contributed by atoms with Gasteiger partial charge in [0, 0.05) is 6.54 Å². The van der Waals surface area contributed by atoms with Crippen LogP contribution in [0.1, 0.15) is 39.6 Å². The lowest BCUT2D eigenvalue weighted by atomic mass is 10.0. The largest absolute Gasteiger partial charge is 0.408 e. The molecule has 0 radical (unpaired) electrons. The van der Waals surface area contributed by atoms with E-state index in [2.05, 4.69) is 4.98 Å². The van der Waals surface area contributed by atoms with Crippen molar-refractivity contribution >= 4 is 17.2 Å². The molecule has 1 aromatic heterocycles. The van der Waals surface area contributed by atoms with Crippen molar-refractivity contribution in [1.29, 1.82) is 0 Å². The first-order valence-electron chi connectivity index (χ1n) is 6.12. The van der Waals surface area contributed by atoms with Crippen molar-refractivity contribution in [3.63, 3.8) is 0 Å². The molecule has 0 N–H and O–H groups in total. The number of carbonyl (C=O) groups is 1. The Morgan fingerprint density at radius 2 is 2.05 bits per heavy atom. The zero-order valence-corrected chi connectivity index (χ0v) is 11.6. The molecule has 1 atom stereocenters. The fourth-order valence-electron chi connectivity index (χ4n) is 2.38. The lowest BCUT2D eigenvalue weighted by Gasteiger charge is -2.36. The fraction of sp³-hybridized carbons (Fsp3) is 0.667. The smallest absolute Gasteiger partial charge is 0.326 e. The maximum Gasteiger partial charge on any atom is 0.408 e. The van der Waals surface area contributed by atoms with E-state index in [1.54, 1.807) is 13.8 Å². The Bertz CT molecular complexity index is 484. The van der Waals surface area contributed by atoms with Crippen LogP contribution in [0.4, 0.5) is 13.2 Å². The van der Waals surface area contributed by atoms with Gasteiger partial charge in [-0.1, -0.05) is 0 Å². The molecule has 2 rings (SSSR count). The van der Waals surface area contributed by atoms with Crippen LogP contribution in [0.25, 0.3) is 0 Å². The molecule has 7 heteroatoms. The maximum atomic E-state index is 13.0. The van der Waals surface area contributed by atoms with Crippen LogP contribution >= 0.6 is 11.3 Å². The number of rotatable bonds is 1. The van der Waals surface area contributed by atoms with Gasteiger partial charge < -0.3 is 4.90 Å². The van der Waals surface area contributed by atoms with Gasteiger partial charge in [-0.05, 0) is 33.1 Å². The van der Waals surface area contributed by atoms with Gasteiger partial charge in [0.2, 0.25) is 0 Å². The van der Waals surface area contributed by atoms with Gasteiger partial charge in [-0.3, -0.25) is 4.79 Å². The second-order valence-corrected chi connectivity index (χ2v) is 5.90. The molecule has 0 bridgehead atoms. The van der Waals surface area contributed by atoms with Crippen LogP contribution in [0, 0.1) is 13.8 Å². The summed E-state index contributed by atoms with van der Waals surface area (Å²) in [6, 6.07) is -1.66. The van der Waals surface area contributed by atoms with Crippen LogP contribution in [-0.4, -0.2) is 34.6 Å². The monoisotopic (exact) mass is 292 g/mol. The van der Waals surface area contributed by atoms with Crippen molar-refractivity contribution < 1.29 is 18.0 Å². The van der Waals surface area contributed by atoms with Crippen molar-refractivity contribution in [2.24, 2.45) is 0 Å². The second-order valence-electron chi connectivity index (χ2n) is 4.70. The molecule has 1 aromatic rings. The summed E-state index contributed by atoms with van der Waals surface area (Å²) in [5.74, 6) is -0.537. The molecule has 0 saturated carbocycles. The highest BCUT2D eigenvalue weighted by Gasteiger charge is 2.46. The minimum Gasteiger partial charge on any atom is -0.326 e. The van der Waals surface area contributed by atoms with Gasteiger partial charge in [-0.15, -0.1) is 11.3 Å². The number of alkyl halides is 3. The van der Waals surface area contributed by atoms with E-state index in [9.17, 15) is 18.0 Å². The number of halogens is 3. The molecule has 3 nitrogen and oxygen atoms in total. The number of piperidine rings is 1. The first kappa shape index (κ1) is 14.3. The molecule has 0 aromatic carbocycles. The van der Waals surface area contributed by atoms with Crippen LogP contribution in [0.3, 0.4) is 0 Å². The van der Waals surface area contributed by atoms with Crippen LogP contribution in [0.5, 0.6) is 0 Å². The third kappa shape index (κ3) is 2.91. The Morgan fingerprint density at radius 3 is 2.58 bits per heavy atom. The zero-order chi connectivity index (χ0) is 14.2. The first-order chi connectivity index (χ1) is 8.80. The third-order valence-corrected chi connectivity index (χ3v) is 4.30. The van der Waals surface area contributed by atoms with E-state index in [-0.39, 0.29) is 13.0 Å². The molecule has 1 fully saturated rings. The highest BCUT2D eigenvalue weighted by Crippen LogP contribution is 2.33. The molecule has 1 unspecified atom stereocenters. The molecule has 1 aliphatic heterocycles. The first-order valence-corrected chi connectivity index (χ1v) is 6.94. The molecule has 0 aliphatic carbocycles. The molecule has 2 heterocycles. The summed E-state index contributed by atoms with van der Waals surface area (Å²) in [6.07, 6.45) is -3.24. The van der Waals surface area contributed by atoms with Gasteiger partial charge in [0.15, 0.2) is 0 Å². The van der Waals surface area contributed by atoms with Crippen molar-refractivity contribution in [2.45, 2.75) is 45.3 Å². The minimum atomic E-state index is -4.36. The summed E-state index contributed by atoms with van der Waals surface area (Å²) in [4.78, 5) is 17.7. The summed E-state index contributed by atoms with van der Waals surface area (Å²) < 4.78 is 38.9. The molecule has 1 amide bonds. The van der Waals surface area contributed by atoms with Crippen LogP contribution in [-0.2, 0) is 0 Å². The normalized spacial score (nSPS) is 20.7. The van der Waals surface area contributed by atoms with Crippen LogP contribution in [0.2, 0.25) is 0 Å². The Hall–Kier alpha value is -1.11. The van der Waals surface area contributed by atoms with E-state index in [0.717, 1.165) is 16.2 Å². The number of likely N-dealkylation sites (tertiary alicyclic amines) is 1. The SMILES string of the molecule is Cc1nc(C)c(C(=O)N2CCCCC2C(F)(F)F)s1. The molecule has 0 spiro atoms. The van der Waals surface area contributed by atoms with Crippen LogP contribution < -0.4 is 0 Å². The predicted octanol–water partition coefficient (Wildman–Crippen LogP) is 3.32. The summed E-state index contributed by atoms with van der Waals surface area (Å²) in [5, 5.41) is 0.696. The lowest BCUT2D eigenvalue weighted by Crippen LogP contribution is -2.51. The van der Waals surface area contributed by atoms with E-state index in [1.165, 1.54) is 0 Å². The number of aromatic nitrogens is 1. The molecular weight excluding hydrogens is 277 g/mol. The van der Waals surface area contributed by atoms with Crippen molar-refractivity contribution in [3.05, 3.63) is 15.6 Å². The van der Waals surface area contributed by atoms with Crippen molar-refractivity contribution in [3.8, 4) is 0 Å². The number of hydrogen-bond donors (Lipinski definition) is 0. The number of carbonyl (C=O) groups excluding carboxylic acids is 1.